The van der Waals surface area contributed by atoms with Crippen LogP contribution < -0.4 is 0 Å². The Labute approximate surface area is 82.9 Å². The predicted octanol–water partition coefficient (Wildman–Crippen LogP) is 1.14. The lowest BCUT2D eigenvalue weighted by Gasteiger charge is -2.20. The van der Waals surface area contributed by atoms with E-state index in [2.05, 4.69) is 5.16 Å². The fraction of sp³-hybridized carbons (Fsp3) is 0.700. The van der Waals surface area contributed by atoms with Crippen molar-refractivity contribution in [3.05, 3.63) is 17.5 Å². The smallest absolute Gasteiger partial charge is 0.137 e. The van der Waals surface area contributed by atoms with Crippen LogP contribution in [0.4, 0.5) is 0 Å². The van der Waals surface area contributed by atoms with E-state index < -0.39 is 0 Å². The van der Waals surface area contributed by atoms with Crippen LogP contribution in [0.5, 0.6) is 0 Å². The Bertz CT molecular complexity index is 279. The minimum Gasteiger partial charge on any atom is -0.390 e. The minimum atomic E-state index is -0.0509. The van der Waals surface area contributed by atoms with E-state index in [0.717, 1.165) is 31.8 Å². The highest BCUT2D eigenvalue weighted by molar-refractivity contribution is 5.05. The Morgan fingerprint density at radius 3 is 3.14 bits per heavy atom. The van der Waals surface area contributed by atoms with Gasteiger partial charge in [0.05, 0.1) is 6.61 Å². The number of aliphatic hydroxyl groups excluding tert-OH is 1. The molecule has 1 N–H and O–H groups in total. The van der Waals surface area contributed by atoms with Gasteiger partial charge in [0.1, 0.15) is 11.5 Å². The Balaban J connectivity index is 1.89. The molecule has 0 radical (unpaired) electrons. The molecule has 1 atom stereocenters. The summed E-state index contributed by atoms with van der Waals surface area (Å²) in [6, 6.07) is 1.81. The summed E-state index contributed by atoms with van der Waals surface area (Å²) < 4.78 is 10.5. The number of hydrogen-bond donors (Lipinski definition) is 1. The Morgan fingerprint density at radius 2 is 2.50 bits per heavy atom. The molecule has 1 aromatic rings. The zero-order valence-corrected chi connectivity index (χ0v) is 8.11. The molecular formula is C10H15NO3. The maximum atomic E-state index is 8.81. The van der Waals surface area contributed by atoms with Crippen LogP contribution in [0.15, 0.2) is 10.6 Å². The standard InChI is InChI=1S/C10H15NO3/c12-6-9-5-10(14-11-9)4-8-2-1-3-13-7-8/h5,8,12H,1-4,6-7H2. The van der Waals surface area contributed by atoms with E-state index in [1.807, 2.05) is 6.07 Å². The molecule has 78 valence electrons. The minimum absolute atomic E-state index is 0.0509. The highest BCUT2D eigenvalue weighted by atomic mass is 16.5. The summed E-state index contributed by atoms with van der Waals surface area (Å²) in [5, 5.41) is 12.5. The first kappa shape index (κ1) is 9.68. The van der Waals surface area contributed by atoms with E-state index in [-0.39, 0.29) is 6.61 Å². The fourth-order valence-corrected chi connectivity index (χ4v) is 1.78. The molecule has 0 aromatic carbocycles. The van der Waals surface area contributed by atoms with Crippen molar-refractivity contribution in [3.8, 4) is 0 Å². The summed E-state index contributed by atoms with van der Waals surface area (Å²) in [5.41, 5.74) is 0.608. The van der Waals surface area contributed by atoms with Gasteiger partial charge in [-0.2, -0.15) is 0 Å². The number of aromatic nitrogens is 1. The second-order valence-electron chi connectivity index (χ2n) is 3.73. The van der Waals surface area contributed by atoms with Crippen LogP contribution in [0, 0.1) is 5.92 Å². The average Bonchev–Trinajstić information content (AvgIpc) is 2.67. The third-order valence-corrected chi connectivity index (χ3v) is 2.51. The molecule has 1 saturated heterocycles. The maximum absolute atomic E-state index is 8.81. The molecule has 14 heavy (non-hydrogen) atoms. The number of hydrogen-bond acceptors (Lipinski definition) is 4. The lowest BCUT2D eigenvalue weighted by Crippen LogP contribution is -2.18. The third kappa shape index (κ3) is 2.33. The van der Waals surface area contributed by atoms with E-state index in [1.54, 1.807) is 0 Å². The molecule has 4 heteroatoms. The first-order valence-electron chi connectivity index (χ1n) is 5.01. The quantitative estimate of drug-likeness (QED) is 0.789. The zero-order valence-electron chi connectivity index (χ0n) is 8.11. The van der Waals surface area contributed by atoms with Crippen LogP contribution in [0.3, 0.4) is 0 Å². The Kier molecular flexibility index (Phi) is 3.16. The van der Waals surface area contributed by atoms with Gasteiger partial charge in [-0.3, -0.25) is 0 Å². The summed E-state index contributed by atoms with van der Waals surface area (Å²) in [5.74, 6) is 1.40. The molecule has 0 saturated carbocycles. The van der Waals surface area contributed by atoms with Gasteiger partial charge in [-0.05, 0) is 18.8 Å². The summed E-state index contributed by atoms with van der Waals surface area (Å²) in [6.45, 7) is 1.65. The molecule has 1 fully saturated rings. The van der Waals surface area contributed by atoms with E-state index in [1.165, 1.54) is 6.42 Å². The summed E-state index contributed by atoms with van der Waals surface area (Å²) in [7, 11) is 0. The lowest BCUT2D eigenvalue weighted by atomic mass is 9.97. The van der Waals surface area contributed by atoms with Crippen LogP contribution in [-0.2, 0) is 17.8 Å². The highest BCUT2D eigenvalue weighted by Crippen LogP contribution is 2.19. The van der Waals surface area contributed by atoms with Crippen molar-refractivity contribution in [2.24, 2.45) is 5.92 Å². The van der Waals surface area contributed by atoms with Crippen molar-refractivity contribution in [1.82, 2.24) is 5.16 Å². The first-order chi connectivity index (χ1) is 6.88. The Morgan fingerprint density at radius 1 is 1.57 bits per heavy atom. The number of aliphatic hydroxyl groups is 1. The molecule has 1 aromatic heterocycles. The van der Waals surface area contributed by atoms with Gasteiger partial charge in [-0.25, -0.2) is 0 Å². The van der Waals surface area contributed by atoms with E-state index in [4.69, 9.17) is 14.4 Å². The molecule has 2 heterocycles. The number of ether oxygens (including phenoxy) is 1. The van der Waals surface area contributed by atoms with Crippen molar-refractivity contribution in [1.29, 1.82) is 0 Å². The fourth-order valence-electron chi connectivity index (χ4n) is 1.78. The van der Waals surface area contributed by atoms with Crippen molar-refractivity contribution < 1.29 is 14.4 Å². The Hall–Kier alpha value is -0.870. The van der Waals surface area contributed by atoms with Gasteiger partial charge in [-0.15, -0.1) is 0 Å². The topological polar surface area (TPSA) is 55.5 Å². The highest BCUT2D eigenvalue weighted by Gasteiger charge is 2.16. The van der Waals surface area contributed by atoms with Crippen LogP contribution in [-0.4, -0.2) is 23.5 Å². The van der Waals surface area contributed by atoms with Gasteiger partial charge in [0, 0.05) is 25.7 Å². The molecule has 4 nitrogen and oxygen atoms in total. The van der Waals surface area contributed by atoms with Crippen LogP contribution in [0.2, 0.25) is 0 Å². The van der Waals surface area contributed by atoms with Gasteiger partial charge in [-0.1, -0.05) is 5.16 Å². The summed E-state index contributed by atoms with van der Waals surface area (Å²) in [6.07, 6.45) is 3.19. The van der Waals surface area contributed by atoms with Gasteiger partial charge in [0.25, 0.3) is 0 Å². The molecular weight excluding hydrogens is 182 g/mol. The largest absolute Gasteiger partial charge is 0.390 e. The molecule has 1 aliphatic heterocycles. The van der Waals surface area contributed by atoms with Crippen LogP contribution in [0.25, 0.3) is 0 Å². The van der Waals surface area contributed by atoms with Gasteiger partial charge < -0.3 is 14.4 Å². The summed E-state index contributed by atoms with van der Waals surface area (Å²) in [4.78, 5) is 0. The number of nitrogens with zero attached hydrogens (tertiary/aromatic N) is 1. The summed E-state index contributed by atoms with van der Waals surface area (Å²) >= 11 is 0. The first-order valence-corrected chi connectivity index (χ1v) is 5.01. The van der Waals surface area contributed by atoms with Gasteiger partial charge >= 0.3 is 0 Å². The molecule has 0 spiro atoms. The molecule has 1 unspecified atom stereocenters. The van der Waals surface area contributed by atoms with E-state index in [9.17, 15) is 0 Å². The SMILES string of the molecule is OCc1cc(CC2CCCOC2)on1. The van der Waals surface area contributed by atoms with Crippen LogP contribution >= 0.6 is 0 Å². The zero-order chi connectivity index (χ0) is 9.80. The van der Waals surface area contributed by atoms with Crippen molar-refractivity contribution in [2.45, 2.75) is 25.9 Å². The van der Waals surface area contributed by atoms with E-state index in [0.29, 0.717) is 11.6 Å². The predicted molar refractivity (Wildman–Crippen MR) is 49.7 cm³/mol. The second kappa shape index (κ2) is 4.57. The monoisotopic (exact) mass is 197 g/mol. The normalized spacial score (nSPS) is 22.5. The molecule has 0 aliphatic carbocycles. The maximum Gasteiger partial charge on any atom is 0.137 e. The average molecular weight is 197 g/mol. The van der Waals surface area contributed by atoms with Crippen molar-refractivity contribution in [3.63, 3.8) is 0 Å². The van der Waals surface area contributed by atoms with Crippen molar-refractivity contribution >= 4 is 0 Å². The molecule has 2 rings (SSSR count). The van der Waals surface area contributed by atoms with Crippen molar-refractivity contribution in [2.75, 3.05) is 13.2 Å². The molecule has 0 bridgehead atoms. The van der Waals surface area contributed by atoms with Gasteiger partial charge in [0.2, 0.25) is 0 Å². The second-order valence-corrected chi connectivity index (χ2v) is 3.73. The van der Waals surface area contributed by atoms with E-state index >= 15 is 0 Å². The third-order valence-electron chi connectivity index (χ3n) is 2.51. The molecule has 1 aliphatic rings. The molecule has 0 amide bonds. The lowest BCUT2D eigenvalue weighted by molar-refractivity contribution is 0.0525. The number of rotatable bonds is 3. The van der Waals surface area contributed by atoms with Crippen LogP contribution in [0.1, 0.15) is 24.3 Å². The van der Waals surface area contributed by atoms with Gasteiger partial charge in [0.15, 0.2) is 0 Å².